The fourth-order valence-electron chi connectivity index (χ4n) is 9.87. The van der Waals surface area contributed by atoms with Crippen LogP contribution < -0.4 is 9.64 Å². The number of hydrogen-bond donors (Lipinski definition) is 1. The quantitative estimate of drug-likeness (QED) is 0.174. The molecule has 2 fully saturated rings. The lowest BCUT2D eigenvalue weighted by Gasteiger charge is -2.47. The fraction of sp³-hybridized carbons (Fsp3) is 0.354. The first kappa shape index (κ1) is 36.1. The molecular formula is C48H50N6O2S. The number of ether oxygens (including phenoxy) is 1. The van der Waals surface area contributed by atoms with Gasteiger partial charge in [-0.05, 0) is 124 Å². The van der Waals surface area contributed by atoms with Crippen molar-refractivity contribution in [3.05, 3.63) is 153 Å². The van der Waals surface area contributed by atoms with Crippen LogP contribution in [0.5, 0.6) is 11.5 Å². The lowest BCUT2D eigenvalue weighted by Crippen LogP contribution is -2.59. The Labute approximate surface area is 339 Å². The molecular weight excluding hydrogens is 725 g/mol. The predicted molar refractivity (Wildman–Crippen MR) is 229 cm³/mol. The summed E-state index contributed by atoms with van der Waals surface area (Å²) in [5.41, 5.74) is 11.2. The molecule has 3 aliphatic heterocycles. The van der Waals surface area contributed by atoms with Crippen molar-refractivity contribution in [2.24, 2.45) is 4.99 Å². The van der Waals surface area contributed by atoms with Crippen LogP contribution in [0.15, 0.2) is 102 Å². The molecule has 2 saturated heterocycles. The molecule has 1 aliphatic carbocycles. The normalized spacial score (nSPS) is 21.2. The first-order chi connectivity index (χ1) is 27.8. The average molecular weight is 775 g/mol. The Morgan fingerprint density at radius 3 is 2.32 bits per heavy atom. The number of anilines is 1. The van der Waals surface area contributed by atoms with Gasteiger partial charge in [0.05, 0.1) is 5.71 Å². The second-order valence-corrected chi connectivity index (χ2v) is 17.7. The standard InChI is InChI=1S/C48H50N6O2S/c1-29-31(3)57-48-44(29)46(49-30(2)47-51-50-32(4)54(47)48)35-10-15-37(16-11-35)52-24-22-38(23-25-52)53-27-41(28-53)56-40-18-12-34(13-19-40)45-42(33-8-6-5-7-9-33)20-14-36-26-39(55)17-21-43(36)45/h5-13,15-19,21,26,30,38,41-42,45,55H,14,20,22-25,27-28H2,1-4H3/t30-,42+,45-/m0/s1. The van der Waals surface area contributed by atoms with Crippen molar-refractivity contribution < 1.29 is 9.84 Å². The van der Waals surface area contributed by atoms with Crippen molar-refractivity contribution >= 4 is 22.7 Å². The molecule has 0 amide bonds. The zero-order valence-corrected chi connectivity index (χ0v) is 34.0. The number of hydrogen-bond acceptors (Lipinski definition) is 8. The third-order valence-electron chi connectivity index (χ3n) is 13.1. The van der Waals surface area contributed by atoms with Gasteiger partial charge < -0.3 is 14.7 Å². The second kappa shape index (κ2) is 14.6. The number of nitrogens with zero attached hydrogens (tertiary/aromatic N) is 6. The minimum Gasteiger partial charge on any atom is -0.508 e. The number of rotatable bonds is 7. The highest BCUT2D eigenvalue weighted by Gasteiger charge is 2.37. The van der Waals surface area contributed by atoms with E-state index in [0.717, 1.165) is 80.5 Å². The molecule has 10 rings (SSSR count). The molecule has 0 radical (unpaired) electrons. The largest absolute Gasteiger partial charge is 0.508 e. The molecule has 0 saturated carbocycles. The van der Waals surface area contributed by atoms with E-state index in [1.54, 1.807) is 11.3 Å². The molecule has 290 valence electrons. The van der Waals surface area contributed by atoms with E-state index in [-0.39, 0.29) is 18.1 Å². The van der Waals surface area contributed by atoms with Gasteiger partial charge in [0.1, 0.15) is 34.5 Å². The number of likely N-dealkylation sites (tertiary alicyclic amines) is 1. The van der Waals surface area contributed by atoms with Gasteiger partial charge in [0.2, 0.25) is 0 Å². The second-order valence-electron chi connectivity index (χ2n) is 16.5. The summed E-state index contributed by atoms with van der Waals surface area (Å²) in [6.07, 6.45) is 4.58. The van der Waals surface area contributed by atoms with Gasteiger partial charge >= 0.3 is 0 Å². The van der Waals surface area contributed by atoms with Gasteiger partial charge in [0.15, 0.2) is 5.82 Å². The summed E-state index contributed by atoms with van der Waals surface area (Å²) in [6, 6.07) is 35.3. The van der Waals surface area contributed by atoms with Crippen molar-refractivity contribution in [1.82, 2.24) is 19.7 Å². The number of aryl methyl sites for hydroxylation is 3. The molecule has 0 bridgehead atoms. The molecule has 9 heteroatoms. The van der Waals surface area contributed by atoms with Crippen molar-refractivity contribution in [2.75, 3.05) is 31.1 Å². The molecule has 1 N–H and O–H groups in total. The van der Waals surface area contributed by atoms with Crippen LogP contribution in [0.25, 0.3) is 5.00 Å². The van der Waals surface area contributed by atoms with Crippen LogP contribution in [0.2, 0.25) is 0 Å². The number of benzene rings is 4. The van der Waals surface area contributed by atoms with Crippen LogP contribution in [-0.2, 0) is 6.42 Å². The maximum Gasteiger partial charge on any atom is 0.162 e. The molecule has 57 heavy (non-hydrogen) atoms. The maximum atomic E-state index is 10.2. The Hall–Kier alpha value is -5.25. The SMILES string of the molecule is Cc1sc2c(c1C)C(c1ccc(N3CCC(N4CC(Oc5ccc([C@@H]6c7ccc(O)cc7CC[C@@H]6c6ccccc6)cc5)C4)CC3)cc1)=N[C@@H](C)c1nnc(C)n1-2. The van der Waals surface area contributed by atoms with Crippen LogP contribution >= 0.6 is 11.3 Å². The van der Waals surface area contributed by atoms with E-state index in [9.17, 15) is 5.11 Å². The highest BCUT2D eigenvalue weighted by atomic mass is 32.1. The third kappa shape index (κ3) is 6.54. The fourth-order valence-corrected chi connectivity index (χ4v) is 11.1. The number of aromatic nitrogens is 3. The van der Waals surface area contributed by atoms with E-state index in [1.807, 2.05) is 19.1 Å². The molecule has 0 unspecified atom stereocenters. The Balaban J connectivity index is 0.757. The number of piperidine rings is 1. The van der Waals surface area contributed by atoms with Gasteiger partial charge in [0, 0.05) is 59.8 Å². The summed E-state index contributed by atoms with van der Waals surface area (Å²) in [5, 5.41) is 20.3. The molecule has 0 spiro atoms. The summed E-state index contributed by atoms with van der Waals surface area (Å²) < 4.78 is 8.73. The molecule has 3 atom stereocenters. The monoisotopic (exact) mass is 774 g/mol. The van der Waals surface area contributed by atoms with Crippen LogP contribution in [-0.4, -0.2) is 68.8 Å². The highest BCUT2D eigenvalue weighted by molar-refractivity contribution is 7.15. The number of thiophene rings is 1. The lowest BCUT2D eigenvalue weighted by atomic mass is 9.69. The topological polar surface area (TPSA) is 79.0 Å². The number of phenolic OH excluding ortho intramolecular Hbond substituents is 1. The first-order valence-electron chi connectivity index (χ1n) is 20.6. The van der Waals surface area contributed by atoms with E-state index in [4.69, 9.17) is 9.73 Å². The summed E-state index contributed by atoms with van der Waals surface area (Å²) in [6.45, 7) is 12.6. The van der Waals surface area contributed by atoms with E-state index in [2.05, 4.69) is 130 Å². The Morgan fingerprint density at radius 1 is 0.807 bits per heavy atom. The van der Waals surface area contributed by atoms with Gasteiger partial charge in [0.25, 0.3) is 0 Å². The maximum absolute atomic E-state index is 10.2. The minimum atomic E-state index is -0.0814. The summed E-state index contributed by atoms with van der Waals surface area (Å²) in [5.74, 6) is 3.74. The third-order valence-corrected chi connectivity index (χ3v) is 14.3. The van der Waals surface area contributed by atoms with Crippen LogP contribution in [0, 0.1) is 20.8 Å². The first-order valence-corrected chi connectivity index (χ1v) is 21.4. The van der Waals surface area contributed by atoms with E-state index in [1.165, 1.54) is 48.9 Å². The highest BCUT2D eigenvalue weighted by Crippen LogP contribution is 2.47. The van der Waals surface area contributed by atoms with Crippen LogP contribution in [0.1, 0.15) is 99.5 Å². The minimum absolute atomic E-state index is 0.0814. The molecule has 4 aromatic carbocycles. The predicted octanol–water partition coefficient (Wildman–Crippen LogP) is 9.47. The molecule has 8 nitrogen and oxygen atoms in total. The van der Waals surface area contributed by atoms with E-state index in [0.29, 0.717) is 17.7 Å². The van der Waals surface area contributed by atoms with Crippen LogP contribution in [0.3, 0.4) is 0 Å². The zero-order chi connectivity index (χ0) is 38.8. The van der Waals surface area contributed by atoms with E-state index >= 15 is 0 Å². The number of aromatic hydroxyl groups is 1. The molecule has 2 aromatic heterocycles. The summed E-state index contributed by atoms with van der Waals surface area (Å²) in [7, 11) is 0. The lowest BCUT2D eigenvalue weighted by molar-refractivity contribution is -0.0153. The Kier molecular flexibility index (Phi) is 9.25. The number of phenols is 1. The Morgan fingerprint density at radius 2 is 1.56 bits per heavy atom. The van der Waals surface area contributed by atoms with Crippen LogP contribution in [0.4, 0.5) is 5.69 Å². The summed E-state index contributed by atoms with van der Waals surface area (Å²) in [4.78, 5) is 11.7. The molecule has 4 aliphatic rings. The van der Waals surface area contributed by atoms with Gasteiger partial charge in [-0.25, -0.2) is 0 Å². The Bertz CT molecular complexity index is 2440. The van der Waals surface area contributed by atoms with Gasteiger partial charge in [-0.15, -0.1) is 21.5 Å². The van der Waals surface area contributed by atoms with Crippen molar-refractivity contribution in [3.8, 4) is 16.5 Å². The zero-order valence-electron chi connectivity index (χ0n) is 33.2. The molecule has 5 heterocycles. The van der Waals surface area contributed by atoms with Gasteiger partial charge in [-0.3, -0.25) is 14.5 Å². The number of fused-ring (bicyclic) bond motifs is 4. The summed E-state index contributed by atoms with van der Waals surface area (Å²) >= 11 is 1.81. The number of aliphatic imine (C=N–C) groups is 1. The van der Waals surface area contributed by atoms with Gasteiger partial charge in [-0.2, -0.15) is 0 Å². The smallest absolute Gasteiger partial charge is 0.162 e. The van der Waals surface area contributed by atoms with Crippen molar-refractivity contribution in [3.63, 3.8) is 0 Å². The average Bonchev–Trinajstić information content (AvgIpc) is 3.71. The van der Waals surface area contributed by atoms with Crippen molar-refractivity contribution in [1.29, 1.82) is 0 Å². The van der Waals surface area contributed by atoms with E-state index < -0.39 is 0 Å². The molecule has 6 aromatic rings. The van der Waals surface area contributed by atoms with Gasteiger partial charge in [-0.1, -0.05) is 60.7 Å². The van der Waals surface area contributed by atoms with Crippen molar-refractivity contribution in [2.45, 2.75) is 83.4 Å².